The van der Waals surface area contributed by atoms with E-state index in [-0.39, 0.29) is 22.6 Å². The third-order valence-electron chi connectivity index (χ3n) is 5.01. The number of benzene rings is 1. The molecular formula is C18H27N3O4S. The number of ether oxygens (including phenoxy) is 1. The minimum atomic E-state index is -3.74. The molecule has 1 saturated carbocycles. The van der Waals surface area contributed by atoms with Crippen LogP contribution in [-0.2, 0) is 10.0 Å². The predicted molar refractivity (Wildman–Crippen MR) is 98.5 cm³/mol. The number of rotatable bonds is 6. The molecule has 1 heterocycles. The van der Waals surface area contributed by atoms with Crippen molar-refractivity contribution in [2.75, 3.05) is 20.2 Å². The van der Waals surface area contributed by atoms with Crippen molar-refractivity contribution in [2.45, 2.75) is 55.9 Å². The summed E-state index contributed by atoms with van der Waals surface area (Å²) in [5, 5.41) is 1.89. The zero-order valence-corrected chi connectivity index (χ0v) is 16.0. The normalized spacial score (nSPS) is 19.4. The summed E-state index contributed by atoms with van der Waals surface area (Å²) in [5.74, 6) is -0.0584. The van der Waals surface area contributed by atoms with E-state index in [1.54, 1.807) is 6.07 Å². The van der Waals surface area contributed by atoms with Crippen LogP contribution in [0.5, 0.6) is 5.75 Å². The maximum Gasteiger partial charge on any atom is 0.265 e. The number of carbonyl (C=O) groups excluding carboxylic acids is 1. The Labute approximate surface area is 155 Å². The van der Waals surface area contributed by atoms with Gasteiger partial charge in [-0.3, -0.25) is 10.2 Å². The first-order valence-corrected chi connectivity index (χ1v) is 10.7. The second-order valence-electron chi connectivity index (χ2n) is 6.96. The third kappa shape index (κ3) is 4.55. The van der Waals surface area contributed by atoms with Crippen molar-refractivity contribution in [3.05, 3.63) is 23.8 Å². The van der Waals surface area contributed by atoms with Crippen molar-refractivity contribution in [1.82, 2.24) is 15.2 Å². The highest BCUT2D eigenvalue weighted by molar-refractivity contribution is 7.89. The lowest BCUT2D eigenvalue weighted by Crippen LogP contribution is -2.45. The van der Waals surface area contributed by atoms with Crippen molar-refractivity contribution in [3.8, 4) is 5.75 Å². The number of hydrogen-bond acceptors (Lipinski definition) is 5. The molecule has 2 N–H and O–H groups in total. The van der Waals surface area contributed by atoms with Crippen molar-refractivity contribution in [3.63, 3.8) is 0 Å². The van der Waals surface area contributed by atoms with Crippen LogP contribution in [0.25, 0.3) is 0 Å². The molecule has 2 fully saturated rings. The molecular weight excluding hydrogens is 354 g/mol. The van der Waals surface area contributed by atoms with Crippen molar-refractivity contribution >= 4 is 15.9 Å². The summed E-state index contributed by atoms with van der Waals surface area (Å²) >= 11 is 0. The van der Waals surface area contributed by atoms with Gasteiger partial charge in [-0.25, -0.2) is 18.1 Å². The Morgan fingerprint density at radius 1 is 1.12 bits per heavy atom. The minimum Gasteiger partial charge on any atom is -0.495 e. The molecule has 1 amide bonds. The molecule has 2 aliphatic rings. The number of nitrogens with one attached hydrogen (secondary N) is 2. The Hall–Kier alpha value is -1.64. The summed E-state index contributed by atoms with van der Waals surface area (Å²) in [7, 11) is -2.32. The zero-order chi connectivity index (χ0) is 18.6. The number of amides is 1. The van der Waals surface area contributed by atoms with E-state index in [1.807, 2.05) is 5.01 Å². The highest BCUT2D eigenvalue weighted by Gasteiger charge is 2.27. The fourth-order valence-corrected chi connectivity index (χ4v) is 5.07. The van der Waals surface area contributed by atoms with Crippen molar-refractivity contribution in [1.29, 1.82) is 0 Å². The molecule has 3 rings (SSSR count). The van der Waals surface area contributed by atoms with Crippen LogP contribution in [0.3, 0.4) is 0 Å². The number of sulfonamides is 1. The lowest BCUT2D eigenvalue weighted by Gasteiger charge is -2.26. The van der Waals surface area contributed by atoms with E-state index >= 15 is 0 Å². The van der Waals surface area contributed by atoms with Crippen LogP contribution in [0.4, 0.5) is 0 Å². The van der Waals surface area contributed by atoms with Gasteiger partial charge in [0.15, 0.2) is 0 Å². The van der Waals surface area contributed by atoms with Crippen LogP contribution < -0.4 is 14.9 Å². The average Bonchev–Trinajstić information content (AvgIpc) is 3.14. The molecule has 1 aromatic carbocycles. The van der Waals surface area contributed by atoms with Gasteiger partial charge in [-0.15, -0.1) is 0 Å². The molecule has 8 heteroatoms. The first-order chi connectivity index (χ1) is 12.5. The van der Waals surface area contributed by atoms with E-state index in [1.165, 1.54) is 25.7 Å². The number of carbonyl (C=O) groups is 1. The molecule has 0 unspecified atom stereocenters. The lowest BCUT2D eigenvalue weighted by atomic mass is 10.1. The largest absolute Gasteiger partial charge is 0.495 e. The van der Waals surface area contributed by atoms with Crippen molar-refractivity contribution in [2.24, 2.45) is 0 Å². The monoisotopic (exact) mass is 381 g/mol. The number of nitrogens with zero attached hydrogens (tertiary/aromatic N) is 1. The van der Waals surface area contributed by atoms with E-state index in [9.17, 15) is 13.2 Å². The Balaban J connectivity index is 1.80. The number of hydrogen-bond donors (Lipinski definition) is 2. The van der Waals surface area contributed by atoms with E-state index in [2.05, 4.69) is 10.1 Å². The number of methoxy groups -OCH3 is 1. The second-order valence-corrected chi connectivity index (χ2v) is 8.64. The predicted octanol–water partition coefficient (Wildman–Crippen LogP) is 2.05. The Morgan fingerprint density at radius 3 is 2.46 bits per heavy atom. The summed E-state index contributed by atoms with van der Waals surface area (Å²) in [6.45, 7) is 1.63. The van der Waals surface area contributed by atoms with Gasteiger partial charge in [0, 0.05) is 24.7 Å². The van der Waals surface area contributed by atoms with Gasteiger partial charge >= 0.3 is 0 Å². The van der Waals surface area contributed by atoms with E-state index in [0.717, 1.165) is 51.6 Å². The first-order valence-electron chi connectivity index (χ1n) is 9.26. The minimum absolute atomic E-state index is 0.0122. The van der Waals surface area contributed by atoms with E-state index < -0.39 is 10.0 Å². The molecule has 7 nitrogen and oxygen atoms in total. The zero-order valence-electron chi connectivity index (χ0n) is 15.2. The smallest absolute Gasteiger partial charge is 0.265 e. The van der Waals surface area contributed by atoms with Gasteiger partial charge in [0.25, 0.3) is 5.91 Å². The first kappa shape index (κ1) is 19.1. The van der Waals surface area contributed by atoms with Gasteiger partial charge in [-0.1, -0.05) is 19.3 Å². The van der Waals surface area contributed by atoms with E-state index in [0.29, 0.717) is 5.56 Å². The van der Waals surface area contributed by atoms with Crippen LogP contribution >= 0.6 is 0 Å². The topological polar surface area (TPSA) is 87.7 Å². The molecule has 26 heavy (non-hydrogen) atoms. The third-order valence-corrected chi connectivity index (χ3v) is 6.55. The molecule has 1 aliphatic heterocycles. The number of hydrazine groups is 1. The molecule has 0 spiro atoms. The van der Waals surface area contributed by atoms with E-state index in [4.69, 9.17) is 4.74 Å². The van der Waals surface area contributed by atoms with Crippen LogP contribution in [0.1, 0.15) is 55.3 Å². The Bertz CT molecular complexity index is 739. The Kier molecular flexibility index (Phi) is 6.16. The standard InChI is InChI=1S/C18H27N3O4S/c1-25-16-10-9-14(18(22)19-21-11-5-2-6-12-21)13-17(16)26(23,24)20-15-7-3-4-8-15/h9-10,13,15,20H,2-8,11-12H2,1H3,(H,19,22). The van der Waals surface area contributed by atoms with Gasteiger partial charge < -0.3 is 4.74 Å². The summed E-state index contributed by atoms with van der Waals surface area (Å²) in [6.07, 6.45) is 7.02. The second kappa shape index (κ2) is 8.37. The van der Waals surface area contributed by atoms with Gasteiger partial charge in [0.05, 0.1) is 7.11 Å². The highest BCUT2D eigenvalue weighted by atomic mass is 32.2. The van der Waals surface area contributed by atoms with Crippen molar-refractivity contribution < 1.29 is 17.9 Å². The molecule has 1 aliphatic carbocycles. The van der Waals surface area contributed by atoms with Crippen LogP contribution in [0, 0.1) is 0 Å². The summed E-state index contributed by atoms with van der Waals surface area (Å²) < 4.78 is 33.6. The molecule has 1 saturated heterocycles. The van der Waals surface area contributed by atoms with Gasteiger partial charge in [-0.2, -0.15) is 0 Å². The maximum absolute atomic E-state index is 12.8. The lowest BCUT2D eigenvalue weighted by molar-refractivity contribution is 0.0750. The molecule has 0 bridgehead atoms. The highest BCUT2D eigenvalue weighted by Crippen LogP contribution is 2.27. The summed E-state index contributed by atoms with van der Waals surface area (Å²) in [5.41, 5.74) is 3.17. The van der Waals surface area contributed by atoms with Gasteiger partial charge in [0.1, 0.15) is 10.6 Å². The molecule has 0 aromatic heterocycles. The molecule has 0 radical (unpaired) electrons. The van der Waals surface area contributed by atoms with Gasteiger partial charge in [0.2, 0.25) is 10.0 Å². The SMILES string of the molecule is COc1ccc(C(=O)NN2CCCCC2)cc1S(=O)(=O)NC1CCCC1. The molecule has 0 atom stereocenters. The quantitative estimate of drug-likeness (QED) is 0.787. The summed E-state index contributed by atoms with van der Waals surface area (Å²) in [4.78, 5) is 12.5. The van der Waals surface area contributed by atoms with Crippen LogP contribution in [0.2, 0.25) is 0 Å². The van der Waals surface area contributed by atoms with Gasteiger partial charge in [-0.05, 0) is 43.9 Å². The molecule has 1 aromatic rings. The Morgan fingerprint density at radius 2 is 1.81 bits per heavy atom. The fourth-order valence-electron chi connectivity index (χ4n) is 3.57. The van der Waals surface area contributed by atoms with Crippen LogP contribution in [-0.4, -0.2) is 45.6 Å². The summed E-state index contributed by atoms with van der Waals surface area (Å²) in [6, 6.07) is 4.48. The number of piperidine rings is 1. The average molecular weight is 381 g/mol. The molecule has 144 valence electrons. The fraction of sp³-hybridized carbons (Fsp3) is 0.611. The van der Waals surface area contributed by atoms with Crippen LogP contribution in [0.15, 0.2) is 23.1 Å². The maximum atomic E-state index is 12.8.